The number of hydrogen-bond acceptors (Lipinski definition) is 3. The lowest BCUT2D eigenvalue weighted by Crippen LogP contribution is -2.36. The van der Waals surface area contributed by atoms with Gasteiger partial charge in [0.1, 0.15) is 0 Å². The Morgan fingerprint density at radius 3 is 2.50 bits per heavy atom. The van der Waals surface area contributed by atoms with Crippen molar-refractivity contribution in [2.75, 3.05) is 18.4 Å². The fraction of sp³-hybridized carbons (Fsp3) is 0.381. The normalized spacial score (nSPS) is 15.9. The highest BCUT2D eigenvalue weighted by Gasteiger charge is 2.27. The number of rotatable bonds is 7. The minimum atomic E-state index is -3.50. The summed E-state index contributed by atoms with van der Waals surface area (Å²) in [5.74, 6) is 0. The van der Waals surface area contributed by atoms with Gasteiger partial charge < -0.3 is 10.6 Å². The Morgan fingerprint density at radius 1 is 1.07 bits per heavy atom. The summed E-state index contributed by atoms with van der Waals surface area (Å²) < 4.78 is 26.8. The maximum atomic E-state index is 12.7. The number of sulfonamides is 1. The van der Waals surface area contributed by atoms with Gasteiger partial charge in [-0.1, -0.05) is 36.4 Å². The monoisotopic (exact) mass is 401 g/mol. The van der Waals surface area contributed by atoms with Crippen LogP contribution in [0.2, 0.25) is 0 Å². The van der Waals surface area contributed by atoms with Crippen LogP contribution in [0, 0.1) is 0 Å². The second-order valence-electron chi connectivity index (χ2n) is 7.16. The highest BCUT2D eigenvalue weighted by molar-refractivity contribution is 7.89. The van der Waals surface area contributed by atoms with E-state index in [-0.39, 0.29) is 17.0 Å². The van der Waals surface area contributed by atoms with Gasteiger partial charge in [-0.2, -0.15) is 4.31 Å². The van der Waals surface area contributed by atoms with Crippen molar-refractivity contribution in [1.82, 2.24) is 9.62 Å². The molecular formula is C21H27N3O3S. The molecule has 2 N–H and O–H groups in total. The van der Waals surface area contributed by atoms with E-state index >= 15 is 0 Å². The van der Waals surface area contributed by atoms with Crippen molar-refractivity contribution in [1.29, 1.82) is 0 Å². The van der Waals surface area contributed by atoms with Crippen molar-refractivity contribution >= 4 is 21.7 Å². The molecule has 0 bridgehead atoms. The number of aryl methyl sites for hydroxylation is 1. The third-order valence-electron chi connectivity index (χ3n) is 4.88. The topological polar surface area (TPSA) is 78.5 Å². The molecule has 1 aliphatic rings. The van der Waals surface area contributed by atoms with E-state index in [1.165, 1.54) is 15.9 Å². The molecule has 0 aliphatic carbocycles. The Morgan fingerprint density at radius 2 is 1.79 bits per heavy atom. The van der Waals surface area contributed by atoms with Crippen LogP contribution >= 0.6 is 0 Å². The summed E-state index contributed by atoms with van der Waals surface area (Å²) in [7, 11) is -3.50. The first-order chi connectivity index (χ1) is 13.4. The maximum Gasteiger partial charge on any atom is 0.319 e. The Balaban J connectivity index is 1.55. The first-order valence-corrected chi connectivity index (χ1v) is 11.1. The van der Waals surface area contributed by atoms with E-state index in [4.69, 9.17) is 0 Å². The van der Waals surface area contributed by atoms with E-state index in [0.29, 0.717) is 18.8 Å². The van der Waals surface area contributed by atoms with E-state index < -0.39 is 10.0 Å². The van der Waals surface area contributed by atoms with E-state index in [9.17, 15) is 13.2 Å². The second-order valence-corrected chi connectivity index (χ2v) is 9.10. The van der Waals surface area contributed by atoms with Gasteiger partial charge in [0.25, 0.3) is 0 Å². The smallest absolute Gasteiger partial charge is 0.319 e. The van der Waals surface area contributed by atoms with Gasteiger partial charge in [-0.15, -0.1) is 0 Å². The van der Waals surface area contributed by atoms with Crippen LogP contribution in [-0.4, -0.2) is 37.9 Å². The van der Waals surface area contributed by atoms with Gasteiger partial charge in [0.15, 0.2) is 0 Å². The lowest BCUT2D eigenvalue weighted by Gasteiger charge is -2.17. The molecule has 1 aliphatic heterocycles. The van der Waals surface area contributed by atoms with Crippen LogP contribution in [0.4, 0.5) is 10.5 Å². The summed E-state index contributed by atoms with van der Waals surface area (Å²) >= 11 is 0. The standard InChI is InChI=1S/C21H27N3O3S/c1-17(12-13-18-8-3-2-4-9-18)22-21(25)23-19-10-7-11-20(16-19)28(26,27)24-14-5-6-15-24/h2-4,7-11,16-17H,5-6,12-15H2,1H3,(H2,22,23,25). The van der Waals surface area contributed by atoms with Gasteiger partial charge in [-0.05, 0) is 56.4 Å². The summed E-state index contributed by atoms with van der Waals surface area (Å²) in [6, 6.07) is 16.2. The number of nitrogens with one attached hydrogen (secondary N) is 2. The van der Waals surface area contributed by atoms with Crippen LogP contribution in [0.5, 0.6) is 0 Å². The Labute approximate surface area is 167 Å². The van der Waals surface area contributed by atoms with E-state index in [1.54, 1.807) is 18.2 Å². The Bertz CT molecular complexity index is 894. The predicted octanol–water partition coefficient (Wildman–Crippen LogP) is 3.61. The summed E-state index contributed by atoms with van der Waals surface area (Å²) in [6.07, 6.45) is 3.48. The van der Waals surface area contributed by atoms with Crippen LogP contribution in [0.3, 0.4) is 0 Å². The molecule has 3 rings (SSSR count). The SMILES string of the molecule is CC(CCc1ccccc1)NC(=O)Nc1cccc(S(=O)(=O)N2CCCC2)c1. The summed E-state index contributed by atoms with van der Waals surface area (Å²) in [6.45, 7) is 3.07. The average molecular weight is 402 g/mol. The van der Waals surface area contributed by atoms with Crippen LogP contribution in [-0.2, 0) is 16.4 Å². The van der Waals surface area contributed by atoms with Gasteiger partial charge in [0.05, 0.1) is 4.90 Å². The molecule has 28 heavy (non-hydrogen) atoms. The van der Waals surface area contributed by atoms with E-state index in [0.717, 1.165) is 25.7 Å². The van der Waals surface area contributed by atoms with Gasteiger partial charge in [0, 0.05) is 24.8 Å². The van der Waals surface area contributed by atoms with Crippen molar-refractivity contribution in [2.24, 2.45) is 0 Å². The Hall–Kier alpha value is -2.38. The van der Waals surface area contributed by atoms with Crippen molar-refractivity contribution in [3.05, 3.63) is 60.2 Å². The minimum absolute atomic E-state index is 0.00304. The molecule has 150 valence electrons. The van der Waals surface area contributed by atoms with Crippen LogP contribution in [0.1, 0.15) is 31.7 Å². The van der Waals surface area contributed by atoms with Crippen LogP contribution < -0.4 is 10.6 Å². The third kappa shape index (κ3) is 5.33. The van der Waals surface area contributed by atoms with Crippen LogP contribution in [0.25, 0.3) is 0 Å². The largest absolute Gasteiger partial charge is 0.335 e. The first kappa shape index (κ1) is 20.4. The molecular weight excluding hydrogens is 374 g/mol. The Kier molecular flexibility index (Phi) is 6.70. The molecule has 2 amide bonds. The fourth-order valence-corrected chi connectivity index (χ4v) is 4.87. The lowest BCUT2D eigenvalue weighted by molar-refractivity contribution is 0.248. The number of carbonyl (C=O) groups is 1. The summed E-state index contributed by atoms with van der Waals surface area (Å²) in [4.78, 5) is 12.5. The molecule has 1 heterocycles. The number of benzene rings is 2. The molecule has 0 saturated carbocycles. The lowest BCUT2D eigenvalue weighted by atomic mass is 10.1. The van der Waals surface area contributed by atoms with Crippen molar-refractivity contribution in [3.63, 3.8) is 0 Å². The maximum absolute atomic E-state index is 12.7. The third-order valence-corrected chi connectivity index (χ3v) is 6.78. The zero-order valence-corrected chi connectivity index (χ0v) is 16.9. The molecule has 1 saturated heterocycles. The van der Waals surface area contributed by atoms with E-state index in [2.05, 4.69) is 22.8 Å². The highest BCUT2D eigenvalue weighted by Crippen LogP contribution is 2.23. The number of carbonyl (C=O) groups excluding carboxylic acids is 1. The van der Waals surface area contributed by atoms with Crippen molar-refractivity contribution in [3.8, 4) is 0 Å². The molecule has 7 heteroatoms. The van der Waals surface area contributed by atoms with Gasteiger partial charge in [-0.25, -0.2) is 13.2 Å². The zero-order valence-electron chi connectivity index (χ0n) is 16.1. The van der Waals surface area contributed by atoms with E-state index in [1.807, 2.05) is 25.1 Å². The van der Waals surface area contributed by atoms with Crippen LogP contribution in [0.15, 0.2) is 59.5 Å². The molecule has 6 nitrogen and oxygen atoms in total. The number of anilines is 1. The summed E-state index contributed by atoms with van der Waals surface area (Å²) in [5.41, 5.74) is 1.70. The molecule has 1 unspecified atom stereocenters. The molecule has 0 radical (unpaired) electrons. The molecule has 1 fully saturated rings. The van der Waals surface area contributed by atoms with Gasteiger partial charge in [-0.3, -0.25) is 0 Å². The number of hydrogen-bond donors (Lipinski definition) is 2. The first-order valence-electron chi connectivity index (χ1n) is 9.67. The summed E-state index contributed by atoms with van der Waals surface area (Å²) in [5, 5.41) is 5.64. The zero-order chi connectivity index (χ0) is 20.0. The average Bonchev–Trinajstić information content (AvgIpc) is 3.23. The quantitative estimate of drug-likeness (QED) is 0.744. The minimum Gasteiger partial charge on any atom is -0.335 e. The molecule has 1 atom stereocenters. The second kappa shape index (κ2) is 9.21. The number of amides is 2. The van der Waals surface area contributed by atoms with Gasteiger partial charge >= 0.3 is 6.03 Å². The number of nitrogens with zero attached hydrogens (tertiary/aromatic N) is 1. The molecule has 2 aromatic carbocycles. The highest BCUT2D eigenvalue weighted by atomic mass is 32.2. The predicted molar refractivity (Wildman–Crippen MR) is 111 cm³/mol. The molecule has 2 aromatic rings. The molecule has 0 aromatic heterocycles. The van der Waals surface area contributed by atoms with Gasteiger partial charge in [0.2, 0.25) is 10.0 Å². The number of urea groups is 1. The molecule has 0 spiro atoms. The fourth-order valence-electron chi connectivity index (χ4n) is 3.30. The van der Waals surface area contributed by atoms with Crippen molar-refractivity contribution in [2.45, 2.75) is 43.5 Å². The van der Waals surface area contributed by atoms with Crippen molar-refractivity contribution < 1.29 is 13.2 Å².